The standard InChI is InChI=1S/C26H30ClN3O2/c1-17-13-21(14-18(2)25(17)27)32-12-6-5-11-29-23-8-4-3-7-22(23)28-26(29)19-15-24(31)30(16-19)20-9-10-20/h3-4,7-8,13-14,19-20H,5-6,9-12,15-16H2,1-2H3. The van der Waals surface area contributed by atoms with Gasteiger partial charge in [-0.15, -0.1) is 0 Å². The van der Waals surface area contributed by atoms with Gasteiger partial charge in [-0.1, -0.05) is 23.7 Å². The van der Waals surface area contributed by atoms with Crippen LogP contribution in [0.5, 0.6) is 5.75 Å². The third-order valence-electron chi connectivity index (χ3n) is 6.65. The molecule has 0 spiro atoms. The number of carbonyl (C=O) groups is 1. The molecule has 2 aromatic carbocycles. The molecule has 6 heteroatoms. The lowest BCUT2D eigenvalue weighted by Gasteiger charge is -2.16. The normalized spacial score (nSPS) is 18.7. The Bertz CT molecular complexity index is 1130. The Balaban J connectivity index is 1.25. The van der Waals surface area contributed by atoms with Gasteiger partial charge < -0.3 is 14.2 Å². The Hall–Kier alpha value is -2.53. The van der Waals surface area contributed by atoms with Crippen LogP contribution in [0.15, 0.2) is 36.4 Å². The zero-order valence-corrected chi connectivity index (χ0v) is 19.6. The van der Waals surface area contributed by atoms with Gasteiger partial charge in [-0.05, 0) is 74.9 Å². The first kappa shape index (κ1) is 21.3. The molecule has 0 bridgehead atoms. The van der Waals surface area contributed by atoms with E-state index in [0.717, 1.165) is 77.5 Å². The largest absolute Gasteiger partial charge is 0.494 e. The topological polar surface area (TPSA) is 47.4 Å². The molecule has 168 valence electrons. The van der Waals surface area contributed by atoms with Crippen molar-refractivity contribution < 1.29 is 9.53 Å². The van der Waals surface area contributed by atoms with E-state index in [2.05, 4.69) is 27.7 Å². The Labute approximate surface area is 194 Å². The Kier molecular flexibility index (Phi) is 5.85. The molecule has 0 N–H and O–H groups in total. The average molecular weight is 452 g/mol. The first-order valence-corrected chi connectivity index (χ1v) is 12.0. The van der Waals surface area contributed by atoms with E-state index in [0.29, 0.717) is 19.1 Å². The maximum absolute atomic E-state index is 12.5. The van der Waals surface area contributed by atoms with Gasteiger partial charge in [-0.2, -0.15) is 0 Å². The maximum atomic E-state index is 12.5. The lowest BCUT2D eigenvalue weighted by Crippen LogP contribution is -2.27. The van der Waals surface area contributed by atoms with Gasteiger partial charge in [0.05, 0.1) is 17.6 Å². The highest BCUT2D eigenvalue weighted by atomic mass is 35.5. The molecule has 1 saturated carbocycles. The van der Waals surface area contributed by atoms with Crippen molar-refractivity contribution in [2.24, 2.45) is 0 Å². The number of benzene rings is 2. The van der Waals surface area contributed by atoms with E-state index in [1.807, 2.05) is 32.0 Å². The van der Waals surface area contributed by atoms with Crippen LogP contribution >= 0.6 is 11.6 Å². The Morgan fingerprint density at radius 2 is 1.88 bits per heavy atom. The van der Waals surface area contributed by atoms with Crippen molar-refractivity contribution in [1.82, 2.24) is 14.5 Å². The van der Waals surface area contributed by atoms with Gasteiger partial charge in [0.1, 0.15) is 11.6 Å². The molecular formula is C26H30ClN3O2. The Morgan fingerprint density at radius 3 is 2.62 bits per heavy atom. The van der Waals surface area contributed by atoms with Crippen molar-refractivity contribution in [2.75, 3.05) is 13.2 Å². The molecule has 3 aromatic rings. The van der Waals surface area contributed by atoms with Crippen LogP contribution < -0.4 is 4.74 Å². The van der Waals surface area contributed by atoms with E-state index in [1.54, 1.807) is 0 Å². The fourth-order valence-electron chi connectivity index (χ4n) is 4.84. The van der Waals surface area contributed by atoms with Gasteiger partial charge >= 0.3 is 0 Å². The summed E-state index contributed by atoms with van der Waals surface area (Å²) in [6.07, 6.45) is 4.83. The van der Waals surface area contributed by atoms with Gasteiger partial charge in [-0.25, -0.2) is 4.98 Å². The van der Waals surface area contributed by atoms with Crippen LogP contribution in [0.3, 0.4) is 0 Å². The molecule has 1 unspecified atom stereocenters. The SMILES string of the molecule is Cc1cc(OCCCCn2c(C3CC(=O)N(C4CC4)C3)nc3ccccc32)cc(C)c1Cl. The molecule has 5 nitrogen and oxygen atoms in total. The van der Waals surface area contributed by atoms with Gasteiger partial charge in [0.2, 0.25) is 5.91 Å². The van der Waals surface area contributed by atoms with Crippen molar-refractivity contribution >= 4 is 28.5 Å². The number of aryl methyl sites for hydroxylation is 3. The zero-order chi connectivity index (χ0) is 22.2. The van der Waals surface area contributed by atoms with E-state index >= 15 is 0 Å². The summed E-state index contributed by atoms with van der Waals surface area (Å²) in [5.41, 5.74) is 4.26. The third kappa shape index (κ3) is 4.23. The summed E-state index contributed by atoms with van der Waals surface area (Å²) in [6, 6.07) is 12.8. The molecule has 1 saturated heterocycles. The number of fused-ring (bicyclic) bond motifs is 1. The van der Waals surface area contributed by atoms with E-state index in [-0.39, 0.29) is 11.8 Å². The molecule has 2 heterocycles. The van der Waals surface area contributed by atoms with Crippen molar-refractivity contribution in [3.05, 3.63) is 58.4 Å². The van der Waals surface area contributed by atoms with Crippen LogP contribution in [0.25, 0.3) is 11.0 Å². The van der Waals surface area contributed by atoms with Gasteiger partial charge in [0.25, 0.3) is 0 Å². The van der Waals surface area contributed by atoms with Gasteiger partial charge in [-0.3, -0.25) is 4.79 Å². The highest BCUT2D eigenvalue weighted by Gasteiger charge is 2.41. The number of ether oxygens (including phenoxy) is 1. The number of hydrogen-bond donors (Lipinski definition) is 0. The molecule has 1 amide bonds. The van der Waals surface area contributed by atoms with Gasteiger partial charge in [0, 0.05) is 36.5 Å². The summed E-state index contributed by atoms with van der Waals surface area (Å²) >= 11 is 6.26. The smallest absolute Gasteiger partial charge is 0.223 e. The number of para-hydroxylation sites is 2. The molecular weight excluding hydrogens is 422 g/mol. The number of imidazole rings is 1. The fraction of sp³-hybridized carbons (Fsp3) is 0.462. The number of hydrogen-bond acceptors (Lipinski definition) is 3. The summed E-state index contributed by atoms with van der Waals surface area (Å²) in [5.74, 6) is 2.42. The van der Waals surface area contributed by atoms with Crippen LogP contribution in [-0.4, -0.2) is 39.6 Å². The van der Waals surface area contributed by atoms with E-state index in [4.69, 9.17) is 21.3 Å². The second kappa shape index (κ2) is 8.78. The maximum Gasteiger partial charge on any atom is 0.223 e. The first-order valence-electron chi connectivity index (χ1n) is 11.7. The third-order valence-corrected chi connectivity index (χ3v) is 7.25. The predicted octanol–water partition coefficient (Wildman–Crippen LogP) is 5.64. The molecule has 1 atom stereocenters. The first-order chi connectivity index (χ1) is 15.5. The number of halogens is 1. The summed E-state index contributed by atoms with van der Waals surface area (Å²) in [6.45, 7) is 6.37. The minimum Gasteiger partial charge on any atom is -0.494 e. The highest BCUT2D eigenvalue weighted by molar-refractivity contribution is 6.32. The van der Waals surface area contributed by atoms with E-state index in [9.17, 15) is 4.79 Å². The minimum atomic E-state index is 0.187. The number of likely N-dealkylation sites (tertiary alicyclic amines) is 1. The zero-order valence-electron chi connectivity index (χ0n) is 18.8. The van der Waals surface area contributed by atoms with Gasteiger partial charge in [0.15, 0.2) is 0 Å². The molecule has 1 aromatic heterocycles. The monoisotopic (exact) mass is 451 g/mol. The summed E-state index contributed by atoms with van der Waals surface area (Å²) in [7, 11) is 0. The number of aromatic nitrogens is 2. The second-order valence-corrected chi connectivity index (χ2v) is 9.59. The quantitative estimate of drug-likeness (QED) is 0.416. The summed E-state index contributed by atoms with van der Waals surface area (Å²) in [4.78, 5) is 19.6. The molecule has 1 aliphatic heterocycles. The van der Waals surface area contributed by atoms with Crippen molar-refractivity contribution in [3.63, 3.8) is 0 Å². The number of rotatable bonds is 8. The Morgan fingerprint density at radius 1 is 1.12 bits per heavy atom. The lowest BCUT2D eigenvalue weighted by atomic mass is 10.1. The molecule has 5 rings (SSSR count). The number of unbranched alkanes of at least 4 members (excludes halogenated alkanes) is 1. The van der Waals surface area contributed by atoms with Crippen molar-refractivity contribution in [2.45, 2.75) is 64.5 Å². The average Bonchev–Trinajstić information content (AvgIpc) is 3.45. The fourth-order valence-corrected chi connectivity index (χ4v) is 4.95. The van der Waals surface area contributed by atoms with Crippen LogP contribution in [0.4, 0.5) is 0 Å². The van der Waals surface area contributed by atoms with Crippen LogP contribution in [-0.2, 0) is 11.3 Å². The van der Waals surface area contributed by atoms with E-state index < -0.39 is 0 Å². The molecule has 0 radical (unpaired) electrons. The summed E-state index contributed by atoms with van der Waals surface area (Å²) in [5, 5.41) is 0.808. The molecule has 32 heavy (non-hydrogen) atoms. The lowest BCUT2D eigenvalue weighted by molar-refractivity contribution is -0.128. The second-order valence-electron chi connectivity index (χ2n) is 9.22. The van der Waals surface area contributed by atoms with E-state index in [1.165, 1.54) is 0 Å². The van der Waals surface area contributed by atoms with Crippen LogP contribution in [0.1, 0.15) is 55.0 Å². The predicted molar refractivity (Wildman–Crippen MR) is 127 cm³/mol. The number of carbonyl (C=O) groups excluding carboxylic acids is 1. The van der Waals surface area contributed by atoms with Crippen molar-refractivity contribution in [1.29, 1.82) is 0 Å². The van der Waals surface area contributed by atoms with Crippen LogP contribution in [0, 0.1) is 13.8 Å². The molecule has 1 aliphatic carbocycles. The molecule has 2 fully saturated rings. The van der Waals surface area contributed by atoms with Crippen LogP contribution in [0.2, 0.25) is 5.02 Å². The minimum absolute atomic E-state index is 0.187. The molecule has 2 aliphatic rings. The van der Waals surface area contributed by atoms with Crippen molar-refractivity contribution in [3.8, 4) is 5.75 Å². The summed E-state index contributed by atoms with van der Waals surface area (Å²) < 4.78 is 8.32. The number of amides is 1. The number of nitrogens with zero attached hydrogens (tertiary/aromatic N) is 3. The highest BCUT2D eigenvalue weighted by Crippen LogP contribution is 2.37.